The standard InChI is InChI=1S/C20H26O2/c1-3-15-21-19(17-11-7-5-8-12-17)20(22-16-4-2)18-13-9-6-10-14-18/h5-14,19-20H,3-4,15-16H2,1-2H3/t19-,20?/m0/s1. The first kappa shape index (κ1) is 16.7. The molecule has 0 aromatic heterocycles. The fourth-order valence-corrected chi connectivity index (χ4v) is 2.49. The van der Waals surface area contributed by atoms with Crippen molar-refractivity contribution in [2.45, 2.75) is 38.9 Å². The molecule has 2 rings (SSSR count). The fraction of sp³-hybridized carbons (Fsp3) is 0.400. The Morgan fingerprint density at radius 1 is 0.636 bits per heavy atom. The van der Waals surface area contributed by atoms with Gasteiger partial charge in [-0.05, 0) is 24.0 Å². The molecule has 0 aliphatic carbocycles. The van der Waals surface area contributed by atoms with Crippen LogP contribution in [0.5, 0.6) is 0 Å². The van der Waals surface area contributed by atoms with Crippen LogP contribution in [-0.4, -0.2) is 13.2 Å². The fourth-order valence-electron chi connectivity index (χ4n) is 2.49. The van der Waals surface area contributed by atoms with Crippen molar-refractivity contribution in [2.24, 2.45) is 0 Å². The van der Waals surface area contributed by atoms with Gasteiger partial charge in [-0.3, -0.25) is 0 Å². The predicted molar refractivity (Wildman–Crippen MR) is 90.9 cm³/mol. The minimum atomic E-state index is -0.0740. The van der Waals surface area contributed by atoms with E-state index in [0.717, 1.165) is 26.1 Å². The van der Waals surface area contributed by atoms with Gasteiger partial charge in [0.2, 0.25) is 0 Å². The second-order valence-electron chi connectivity index (χ2n) is 5.40. The molecule has 0 bridgehead atoms. The van der Waals surface area contributed by atoms with E-state index in [0.29, 0.717) is 0 Å². The Labute approximate surface area is 134 Å². The molecule has 0 amide bonds. The van der Waals surface area contributed by atoms with Crippen LogP contribution < -0.4 is 0 Å². The normalized spacial score (nSPS) is 13.7. The third-order valence-electron chi connectivity index (χ3n) is 3.53. The second-order valence-corrected chi connectivity index (χ2v) is 5.40. The van der Waals surface area contributed by atoms with E-state index in [1.165, 1.54) is 11.1 Å². The van der Waals surface area contributed by atoms with Crippen LogP contribution in [0.15, 0.2) is 60.7 Å². The lowest BCUT2D eigenvalue weighted by Crippen LogP contribution is -2.19. The van der Waals surface area contributed by atoms with Crippen molar-refractivity contribution in [3.8, 4) is 0 Å². The lowest BCUT2D eigenvalue weighted by Gasteiger charge is -2.28. The Bertz CT molecular complexity index is 460. The molecule has 1 unspecified atom stereocenters. The zero-order valence-electron chi connectivity index (χ0n) is 13.6. The van der Waals surface area contributed by atoms with Crippen LogP contribution in [0.2, 0.25) is 0 Å². The summed E-state index contributed by atoms with van der Waals surface area (Å²) in [4.78, 5) is 0. The molecule has 0 aliphatic rings. The molecule has 0 radical (unpaired) electrons. The average molecular weight is 298 g/mol. The number of benzene rings is 2. The summed E-state index contributed by atoms with van der Waals surface area (Å²) in [6, 6.07) is 20.8. The minimum Gasteiger partial charge on any atom is -0.370 e. The van der Waals surface area contributed by atoms with Gasteiger partial charge in [0, 0.05) is 13.2 Å². The molecule has 2 aromatic rings. The monoisotopic (exact) mass is 298 g/mol. The lowest BCUT2D eigenvalue weighted by molar-refractivity contribution is -0.0780. The van der Waals surface area contributed by atoms with Gasteiger partial charge in [0.1, 0.15) is 12.2 Å². The van der Waals surface area contributed by atoms with Crippen molar-refractivity contribution in [3.63, 3.8) is 0 Å². The first-order valence-corrected chi connectivity index (χ1v) is 8.20. The third kappa shape index (κ3) is 4.69. The third-order valence-corrected chi connectivity index (χ3v) is 3.53. The number of rotatable bonds is 9. The van der Waals surface area contributed by atoms with Gasteiger partial charge in [-0.1, -0.05) is 74.5 Å². The van der Waals surface area contributed by atoms with Crippen molar-refractivity contribution < 1.29 is 9.47 Å². The zero-order valence-corrected chi connectivity index (χ0v) is 13.6. The highest BCUT2D eigenvalue weighted by Gasteiger charge is 2.26. The SMILES string of the molecule is CCCOC(c1ccccc1)[C@@H](OCCC)c1ccccc1. The molecular weight excluding hydrogens is 272 g/mol. The van der Waals surface area contributed by atoms with Crippen LogP contribution in [0.1, 0.15) is 50.0 Å². The van der Waals surface area contributed by atoms with E-state index in [4.69, 9.17) is 9.47 Å². The highest BCUT2D eigenvalue weighted by molar-refractivity contribution is 5.25. The maximum absolute atomic E-state index is 6.17. The summed E-state index contributed by atoms with van der Waals surface area (Å²) in [6.45, 7) is 5.73. The Morgan fingerprint density at radius 3 is 1.32 bits per heavy atom. The van der Waals surface area contributed by atoms with E-state index in [1.807, 2.05) is 12.1 Å². The van der Waals surface area contributed by atoms with Crippen LogP contribution in [0.3, 0.4) is 0 Å². The van der Waals surface area contributed by atoms with Crippen molar-refractivity contribution >= 4 is 0 Å². The molecule has 0 heterocycles. The first-order valence-electron chi connectivity index (χ1n) is 8.20. The van der Waals surface area contributed by atoms with E-state index in [2.05, 4.69) is 62.4 Å². The van der Waals surface area contributed by atoms with Crippen LogP contribution >= 0.6 is 0 Å². The Balaban J connectivity index is 2.30. The molecule has 22 heavy (non-hydrogen) atoms. The molecule has 0 saturated carbocycles. The summed E-state index contributed by atoms with van der Waals surface area (Å²) in [5.41, 5.74) is 2.34. The number of hydrogen-bond donors (Lipinski definition) is 0. The lowest BCUT2D eigenvalue weighted by atomic mass is 9.98. The van der Waals surface area contributed by atoms with Crippen molar-refractivity contribution in [1.29, 1.82) is 0 Å². The number of hydrogen-bond acceptors (Lipinski definition) is 2. The van der Waals surface area contributed by atoms with Gasteiger partial charge in [0.05, 0.1) is 0 Å². The van der Waals surface area contributed by atoms with E-state index >= 15 is 0 Å². The molecular formula is C20H26O2. The molecule has 2 atom stereocenters. The summed E-state index contributed by atoms with van der Waals surface area (Å²) in [6.07, 6.45) is 1.85. The average Bonchev–Trinajstić information content (AvgIpc) is 2.59. The van der Waals surface area contributed by atoms with Crippen molar-refractivity contribution in [1.82, 2.24) is 0 Å². The highest BCUT2D eigenvalue weighted by Crippen LogP contribution is 2.35. The van der Waals surface area contributed by atoms with E-state index in [1.54, 1.807) is 0 Å². The van der Waals surface area contributed by atoms with E-state index < -0.39 is 0 Å². The van der Waals surface area contributed by atoms with Gasteiger partial charge in [-0.25, -0.2) is 0 Å². The van der Waals surface area contributed by atoms with Crippen molar-refractivity contribution in [2.75, 3.05) is 13.2 Å². The van der Waals surface area contributed by atoms with Gasteiger partial charge >= 0.3 is 0 Å². The summed E-state index contributed by atoms with van der Waals surface area (Å²) in [5, 5.41) is 0. The first-order chi connectivity index (χ1) is 10.9. The summed E-state index contributed by atoms with van der Waals surface area (Å²) in [7, 11) is 0. The van der Waals surface area contributed by atoms with Crippen LogP contribution in [0, 0.1) is 0 Å². The molecule has 2 aromatic carbocycles. The van der Waals surface area contributed by atoms with Crippen LogP contribution in [-0.2, 0) is 9.47 Å². The topological polar surface area (TPSA) is 18.5 Å². The summed E-state index contributed by atoms with van der Waals surface area (Å²) in [5.74, 6) is 0. The molecule has 0 saturated heterocycles. The molecule has 0 fully saturated rings. The van der Waals surface area contributed by atoms with Crippen molar-refractivity contribution in [3.05, 3.63) is 71.8 Å². The van der Waals surface area contributed by atoms with Crippen LogP contribution in [0.4, 0.5) is 0 Å². The largest absolute Gasteiger partial charge is 0.370 e. The maximum atomic E-state index is 6.17. The molecule has 0 aliphatic heterocycles. The van der Waals surface area contributed by atoms with Gasteiger partial charge in [-0.2, -0.15) is 0 Å². The highest BCUT2D eigenvalue weighted by atomic mass is 16.5. The molecule has 118 valence electrons. The van der Waals surface area contributed by atoms with Gasteiger partial charge in [0.25, 0.3) is 0 Å². The summed E-state index contributed by atoms with van der Waals surface area (Å²) < 4.78 is 12.3. The number of ether oxygens (including phenoxy) is 2. The van der Waals surface area contributed by atoms with Crippen LogP contribution in [0.25, 0.3) is 0 Å². The predicted octanol–water partition coefficient (Wildman–Crippen LogP) is 5.32. The summed E-state index contributed by atoms with van der Waals surface area (Å²) >= 11 is 0. The molecule has 2 nitrogen and oxygen atoms in total. The van der Waals surface area contributed by atoms with Gasteiger partial charge < -0.3 is 9.47 Å². The van der Waals surface area contributed by atoms with E-state index in [-0.39, 0.29) is 12.2 Å². The minimum absolute atomic E-state index is 0.0740. The Kier molecular flexibility index (Phi) is 7.14. The van der Waals surface area contributed by atoms with Gasteiger partial charge in [0.15, 0.2) is 0 Å². The maximum Gasteiger partial charge on any atom is 0.113 e. The molecule has 2 heteroatoms. The smallest absolute Gasteiger partial charge is 0.113 e. The molecule has 0 spiro atoms. The zero-order chi connectivity index (χ0) is 15.6. The molecule has 0 N–H and O–H groups in total. The Morgan fingerprint density at radius 2 is 1.00 bits per heavy atom. The second kappa shape index (κ2) is 9.39. The van der Waals surface area contributed by atoms with Gasteiger partial charge in [-0.15, -0.1) is 0 Å². The quantitative estimate of drug-likeness (QED) is 0.623. The Hall–Kier alpha value is -1.64. The van der Waals surface area contributed by atoms with E-state index in [9.17, 15) is 0 Å².